The molecule has 0 atom stereocenters. The largest absolute Gasteiger partial charge is 0.302 e. The fraction of sp³-hybridized carbons (Fsp3) is 0.304. The van der Waals surface area contributed by atoms with Crippen LogP contribution in [-0.4, -0.2) is 36.7 Å². The average molecular weight is 456 g/mol. The smallest absolute Gasteiger partial charge is 0.243 e. The van der Waals surface area contributed by atoms with Crippen LogP contribution in [0.2, 0.25) is 0 Å². The van der Waals surface area contributed by atoms with Crippen molar-refractivity contribution in [2.75, 3.05) is 18.4 Å². The van der Waals surface area contributed by atoms with Gasteiger partial charge in [-0.3, -0.25) is 4.79 Å². The standard InChI is InChI=1S/C23H25N3O3S2/c27-22(25-23-24-17-20(30-23)15-18-7-3-1-4-8-18)16-19-9-11-21(12-10-19)31(28,29)26-13-5-2-6-14-26/h1,3-4,7-12,17H,2,5-6,13-16H2,(H,24,25,27). The van der Waals surface area contributed by atoms with Crippen molar-refractivity contribution in [1.82, 2.24) is 9.29 Å². The number of sulfonamides is 1. The maximum absolute atomic E-state index is 12.7. The minimum Gasteiger partial charge on any atom is -0.302 e. The van der Waals surface area contributed by atoms with E-state index in [4.69, 9.17) is 0 Å². The zero-order chi connectivity index (χ0) is 21.7. The van der Waals surface area contributed by atoms with Gasteiger partial charge in [0.25, 0.3) is 0 Å². The van der Waals surface area contributed by atoms with Crippen LogP contribution in [0.1, 0.15) is 35.3 Å². The molecule has 1 N–H and O–H groups in total. The van der Waals surface area contributed by atoms with Gasteiger partial charge in [0.1, 0.15) is 0 Å². The number of hydrogen-bond acceptors (Lipinski definition) is 5. The van der Waals surface area contributed by atoms with Crippen LogP contribution < -0.4 is 5.32 Å². The fourth-order valence-electron chi connectivity index (χ4n) is 3.63. The van der Waals surface area contributed by atoms with Crippen molar-refractivity contribution >= 4 is 32.4 Å². The molecule has 0 aliphatic carbocycles. The first-order chi connectivity index (χ1) is 15.0. The third-order valence-corrected chi connectivity index (χ3v) is 8.09. The Morgan fingerprint density at radius 1 is 0.968 bits per heavy atom. The van der Waals surface area contributed by atoms with E-state index in [1.165, 1.54) is 16.9 Å². The van der Waals surface area contributed by atoms with Crippen LogP contribution in [0.3, 0.4) is 0 Å². The third kappa shape index (κ3) is 5.58. The molecule has 162 valence electrons. The highest BCUT2D eigenvalue weighted by molar-refractivity contribution is 7.89. The Kier molecular flexibility index (Phi) is 6.80. The van der Waals surface area contributed by atoms with Gasteiger partial charge in [-0.1, -0.05) is 48.9 Å². The minimum absolute atomic E-state index is 0.164. The number of benzene rings is 2. The molecule has 1 aliphatic rings. The number of amides is 1. The fourth-order valence-corrected chi connectivity index (χ4v) is 6.01. The van der Waals surface area contributed by atoms with Gasteiger partial charge in [-0.05, 0) is 36.1 Å². The zero-order valence-electron chi connectivity index (χ0n) is 17.2. The van der Waals surface area contributed by atoms with Crippen LogP contribution >= 0.6 is 11.3 Å². The number of aromatic nitrogens is 1. The number of anilines is 1. The number of nitrogens with one attached hydrogen (secondary N) is 1. The lowest BCUT2D eigenvalue weighted by molar-refractivity contribution is -0.115. The molecule has 1 aliphatic heterocycles. The number of rotatable bonds is 7. The number of nitrogens with zero attached hydrogens (tertiary/aromatic N) is 2. The highest BCUT2D eigenvalue weighted by atomic mass is 32.2. The van der Waals surface area contributed by atoms with Gasteiger partial charge < -0.3 is 5.32 Å². The lowest BCUT2D eigenvalue weighted by atomic mass is 10.1. The summed E-state index contributed by atoms with van der Waals surface area (Å²) in [4.78, 5) is 18.1. The number of carbonyl (C=O) groups excluding carboxylic acids is 1. The maximum Gasteiger partial charge on any atom is 0.243 e. The summed E-state index contributed by atoms with van der Waals surface area (Å²) in [6.45, 7) is 1.15. The molecule has 1 amide bonds. The predicted molar refractivity (Wildman–Crippen MR) is 123 cm³/mol. The molecule has 0 saturated carbocycles. The van der Waals surface area contributed by atoms with Crippen molar-refractivity contribution < 1.29 is 13.2 Å². The molecule has 1 fully saturated rings. The number of thiazole rings is 1. The molecule has 4 rings (SSSR count). The highest BCUT2D eigenvalue weighted by Gasteiger charge is 2.25. The second-order valence-corrected chi connectivity index (χ2v) is 10.7. The summed E-state index contributed by atoms with van der Waals surface area (Å²) in [7, 11) is -3.45. The first-order valence-electron chi connectivity index (χ1n) is 10.4. The SMILES string of the molecule is O=C(Cc1ccc(S(=O)(=O)N2CCCCC2)cc1)Nc1ncc(Cc2ccccc2)s1. The lowest BCUT2D eigenvalue weighted by Crippen LogP contribution is -2.35. The normalized spacial score (nSPS) is 15.0. The van der Waals surface area contributed by atoms with Crippen molar-refractivity contribution in [2.45, 2.75) is 37.0 Å². The molecule has 31 heavy (non-hydrogen) atoms. The van der Waals surface area contributed by atoms with E-state index in [9.17, 15) is 13.2 Å². The van der Waals surface area contributed by atoms with Crippen LogP contribution in [0.4, 0.5) is 5.13 Å². The van der Waals surface area contributed by atoms with E-state index in [2.05, 4.69) is 22.4 Å². The van der Waals surface area contributed by atoms with Crippen molar-refractivity contribution in [3.63, 3.8) is 0 Å². The monoisotopic (exact) mass is 455 g/mol. The Bertz CT molecular complexity index is 1120. The van der Waals surface area contributed by atoms with Gasteiger partial charge in [0, 0.05) is 30.6 Å². The van der Waals surface area contributed by atoms with Gasteiger partial charge in [0.2, 0.25) is 15.9 Å². The second kappa shape index (κ2) is 9.72. The molecule has 0 bridgehead atoms. The molecule has 3 aromatic rings. The Morgan fingerprint density at radius 2 is 1.68 bits per heavy atom. The zero-order valence-corrected chi connectivity index (χ0v) is 18.8. The second-order valence-electron chi connectivity index (χ2n) is 7.63. The van der Waals surface area contributed by atoms with Gasteiger partial charge >= 0.3 is 0 Å². The van der Waals surface area contributed by atoms with Crippen LogP contribution in [0.5, 0.6) is 0 Å². The quantitative estimate of drug-likeness (QED) is 0.582. The maximum atomic E-state index is 12.7. The molecular weight excluding hydrogens is 430 g/mol. The van der Waals surface area contributed by atoms with E-state index < -0.39 is 10.0 Å². The first kappa shape index (κ1) is 21.7. The minimum atomic E-state index is -3.45. The van der Waals surface area contributed by atoms with E-state index in [1.807, 2.05) is 18.2 Å². The Hall–Kier alpha value is -2.55. The summed E-state index contributed by atoms with van der Waals surface area (Å²) in [5.74, 6) is -0.174. The van der Waals surface area contributed by atoms with E-state index in [0.29, 0.717) is 18.2 Å². The molecule has 2 heterocycles. The molecule has 0 spiro atoms. The summed E-state index contributed by atoms with van der Waals surface area (Å²) in [5.41, 5.74) is 1.96. The van der Waals surface area contributed by atoms with E-state index >= 15 is 0 Å². The van der Waals surface area contributed by atoms with Crippen LogP contribution in [0, 0.1) is 0 Å². The molecule has 8 heteroatoms. The topological polar surface area (TPSA) is 79.4 Å². The molecule has 6 nitrogen and oxygen atoms in total. The molecule has 1 aromatic heterocycles. The Labute approximate surface area is 187 Å². The van der Waals surface area contributed by atoms with Crippen LogP contribution in [0.15, 0.2) is 65.7 Å². The Morgan fingerprint density at radius 3 is 2.39 bits per heavy atom. The number of piperidine rings is 1. The van der Waals surface area contributed by atoms with Gasteiger partial charge in [-0.25, -0.2) is 13.4 Å². The van der Waals surface area contributed by atoms with Crippen molar-refractivity contribution in [1.29, 1.82) is 0 Å². The molecule has 1 saturated heterocycles. The third-order valence-electron chi connectivity index (χ3n) is 5.26. The van der Waals surface area contributed by atoms with Crippen molar-refractivity contribution in [2.24, 2.45) is 0 Å². The van der Waals surface area contributed by atoms with Gasteiger partial charge in [0.15, 0.2) is 5.13 Å². The average Bonchev–Trinajstić information content (AvgIpc) is 3.22. The highest BCUT2D eigenvalue weighted by Crippen LogP contribution is 2.23. The van der Waals surface area contributed by atoms with E-state index in [0.717, 1.165) is 36.1 Å². The van der Waals surface area contributed by atoms with E-state index in [1.54, 1.807) is 34.8 Å². The summed E-state index contributed by atoms with van der Waals surface area (Å²) in [5, 5.41) is 3.40. The summed E-state index contributed by atoms with van der Waals surface area (Å²) in [6, 6.07) is 16.7. The predicted octanol–water partition coefficient (Wildman–Crippen LogP) is 4.09. The molecular formula is C23H25N3O3S2. The van der Waals surface area contributed by atoms with Gasteiger partial charge in [0.05, 0.1) is 11.3 Å². The number of carbonyl (C=O) groups is 1. The van der Waals surface area contributed by atoms with Gasteiger partial charge in [-0.2, -0.15) is 4.31 Å². The molecule has 0 unspecified atom stereocenters. The van der Waals surface area contributed by atoms with Crippen molar-refractivity contribution in [3.05, 3.63) is 76.8 Å². The summed E-state index contributed by atoms with van der Waals surface area (Å²) < 4.78 is 27.0. The van der Waals surface area contributed by atoms with Crippen LogP contribution in [0.25, 0.3) is 0 Å². The van der Waals surface area contributed by atoms with Crippen molar-refractivity contribution in [3.8, 4) is 0 Å². The number of hydrogen-bond donors (Lipinski definition) is 1. The molecule has 0 radical (unpaired) electrons. The summed E-state index contributed by atoms with van der Waals surface area (Å²) in [6.07, 6.45) is 5.61. The summed E-state index contributed by atoms with van der Waals surface area (Å²) >= 11 is 1.46. The molecule has 2 aromatic carbocycles. The van der Waals surface area contributed by atoms with Gasteiger partial charge in [-0.15, -0.1) is 11.3 Å². The van der Waals surface area contributed by atoms with E-state index in [-0.39, 0.29) is 17.2 Å². The lowest BCUT2D eigenvalue weighted by Gasteiger charge is -2.25. The Balaban J connectivity index is 1.34. The van der Waals surface area contributed by atoms with Crippen LogP contribution in [-0.2, 0) is 27.7 Å². The first-order valence-corrected chi connectivity index (χ1v) is 12.6.